The fourth-order valence-electron chi connectivity index (χ4n) is 1.89. The van der Waals surface area contributed by atoms with Crippen molar-refractivity contribution in [2.24, 2.45) is 0 Å². The Balaban J connectivity index is 1.76. The van der Waals surface area contributed by atoms with E-state index in [0.717, 1.165) is 22.0 Å². The Morgan fingerprint density at radius 1 is 1.18 bits per heavy atom. The number of hydrogen-bond donors (Lipinski definition) is 1. The number of furan rings is 1. The van der Waals surface area contributed by atoms with Gasteiger partial charge in [-0.3, -0.25) is 0 Å². The summed E-state index contributed by atoms with van der Waals surface area (Å²) >= 11 is 1.13. The van der Waals surface area contributed by atoms with E-state index in [-0.39, 0.29) is 10.8 Å². The van der Waals surface area contributed by atoms with E-state index < -0.39 is 10.0 Å². The molecule has 0 aliphatic carbocycles. The summed E-state index contributed by atoms with van der Waals surface area (Å²) in [6.45, 7) is 3.66. The number of sulfonamides is 1. The van der Waals surface area contributed by atoms with Crippen molar-refractivity contribution < 1.29 is 17.3 Å². The molecule has 0 amide bonds. The van der Waals surface area contributed by atoms with Crippen LogP contribution in [0.2, 0.25) is 0 Å². The predicted octanol–water partition coefficient (Wildman–Crippen LogP) is 3.09. The van der Waals surface area contributed by atoms with E-state index >= 15 is 0 Å². The van der Waals surface area contributed by atoms with E-state index in [9.17, 15) is 8.42 Å². The molecule has 0 radical (unpaired) electrons. The highest BCUT2D eigenvalue weighted by atomic mass is 32.2. The second-order valence-corrected chi connectivity index (χ2v) is 7.78. The largest absolute Gasteiger partial charge is 0.465 e. The van der Waals surface area contributed by atoms with Gasteiger partial charge in [0.2, 0.25) is 10.0 Å². The molecule has 0 aliphatic rings. The predicted molar refractivity (Wildman–Crippen MR) is 82.0 cm³/mol. The van der Waals surface area contributed by atoms with Crippen LogP contribution in [0.1, 0.15) is 17.4 Å². The fraction of sp³-hybridized carbons (Fsp3) is 0.214. The lowest BCUT2D eigenvalue weighted by molar-refractivity contribution is 0.475. The van der Waals surface area contributed by atoms with Crippen LogP contribution in [0.3, 0.4) is 0 Å². The molecule has 0 spiro atoms. The number of aromatic nitrogens is 1. The maximum atomic E-state index is 12.3. The first-order chi connectivity index (χ1) is 10.4. The Labute approximate surface area is 131 Å². The van der Waals surface area contributed by atoms with Crippen LogP contribution in [0.4, 0.5) is 0 Å². The average Bonchev–Trinajstić information content (AvgIpc) is 3.16. The lowest BCUT2D eigenvalue weighted by Gasteiger charge is -2.02. The van der Waals surface area contributed by atoms with Crippen LogP contribution in [0, 0.1) is 13.8 Å². The van der Waals surface area contributed by atoms with E-state index in [2.05, 4.69) is 9.71 Å². The van der Waals surface area contributed by atoms with E-state index in [1.54, 1.807) is 37.4 Å². The molecule has 0 bridgehead atoms. The number of oxazole rings is 1. The lowest BCUT2D eigenvalue weighted by atomic mass is 10.4. The number of thiophene rings is 1. The van der Waals surface area contributed by atoms with Crippen LogP contribution in [-0.4, -0.2) is 13.4 Å². The van der Waals surface area contributed by atoms with Crippen molar-refractivity contribution in [3.05, 3.63) is 47.9 Å². The summed E-state index contributed by atoms with van der Waals surface area (Å²) in [7, 11) is -3.58. The van der Waals surface area contributed by atoms with Gasteiger partial charge in [-0.2, -0.15) is 0 Å². The summed E-state index contributed by atoms with van der Waals surface area (Å²) in [4.78, 5) is 4.72. The van der Waals surface area contributed by atoms with Gasteiger partial charge >= 0.3 is 0 Å². The number of aryl methyl sites for hydroxylation is 2. The first-order valence-corrected chi connectivity index (χ1v) is 8.81. The molecule has 3 heterocycles. The molecular formula is C14H14N2O4S2. The Morgan fingerprint density at radius 3 is 2.64 bits per heavy atom. The minimum Gasteiger partial charge on any atom is -0.465 e. The molecule has 0 fully saturated rings. The zero-order valence-electron chi connectivity index (χ0n) is 12.0. The molecule has 3 aromatic heterocycles. The van der Waals surface area contributed by atoms with Gasteiger partial charge in [0.25, 0.3) is 0 Å². The first-order valence-electron chi connectivity index (χ1n) is 6.52. The highest BCUT2D eigenvalue weighted by Crippen LogP contribution is 2.31. The molecule has 6 nitrogen and oxygen atoms in total. The highest BCUT2D eigenvalue weighted by molar-refractivity contribution is 7.91. The molecule has 3 aromatic rings. The van der Waals surface area contributed by atoms with Gasteiger partial charge < -0.3 is 8.83 Å². The molecule has 1 N–H and O–H groups in total. The highest BCUT2D eigenvalue weighted by Gasteiger charge is 2.18. The molecule has 0 atom stereocenters. The number of nitrogens with one attached hydrogen (secondary N) is 1. The van der Waals surface area contributed by atoms with Crippen molar-refractivity contribution in [3.63, 3.8) is 0 Å². The smallest absolute Gasteiger partial charge is 0.250 e. The normalized spacial score (nSPS) is 11.9. The van der Waals surface area contributed by atoms with Crippen LogP contribution in [0.15, 0.2) is 43.5 Å². The number of nitrogens with zero attached hydrogens (tertiary/aromatic N) is 1. The van der Waals surface area contributed by atoms with Gasteiger partial charge in [-0.1, -0.05) is 0 Å². The van der Waals surface area contributed by atoms with E-state index in [1.165, 1.54) is 0 Å². The zero-order valence-corrected chi connectivity index (χ0v) is 13.6. The van der Waals surface area contributed by atoms with Crippen LogP contribution < -0.4 is 4.72 Å². The van der Waals surface area contributed by atoms with Gasteiger partial charge in [-0.05, 0) is 31.2 Å². The topological polar surface area (TPSA) is 85.3 Å². The quantitative estimate of drug-likeness (QED) is 0.772. The Bertz CT molecular complexity index is 889. The van der Waals surface area contributed by atoms with Gasteiger partial charge in [0, 0.05) is 6.92 Å². The number of hydrogen-bond acceptors (Lipinski definition) is 6. The zero-order chi connectivity index (χ0) is 15.7. The third kappa shape index (κ3) is 3.13. The molecular weight excluding hydrogens is 324 g/mol. The SMILES string of the molecule is Cc1ccc(CNS(=O)(=O)c2ccc(-c3cnc(C)o3)s2)o1. The van der Waals surface area contributed by atoms with Crippen molar-refractivity contribution in [3.8, 4) is 10.6 Å². The van der Waals surface area contributed by atoms with Crippen LogP contribution >= 0.6 is 11.3 Å². The van der Waals surface area contributed by atoms with Gasteiger partial charge in [0.1, 0.15) is 15.7 Å². The van der Waals surface area contributed by atoms with Gasteiger partial charge in [0.15, 0.2) is 11.7 Å². The second-order valence-electron chi connectivity index (χ2n) is 4.70. The van der Waals surface area contributed by atoms with E-state index in [4.69, 9.17) is 8.83 Å². The average molecular weight is 338 g/mol. The summed E-state index contributed by atoms with van der Waals surface area (Å²) in [5.74, 6) is 2.42. The molecule has 116 valence electrons. The van der Waals surface area contributed by atoms with E-state index in [1.807, 2.05) is 6.92 Å². The molecule has 8 heteroatoms. The summed E-state index contributed by atoms with van der Waals surface area (Å²) < 4.78 is 38.0. The third-order valence-corrected chi connectivity index (χ3v) is 5.94. The molecule has 3 rings (SSSR count). The van der Waals surface area contributed by atoms with Crippen molar-refractivity contribution >= 4 is 21.4 Å². The molecule has 22 heavy (non-hydrogen) atoms. The molecule has 0 aliphatic heterocycles. The van der Waals surface area contributed by atoms with Crippen molar-refractivity contribution in [2.45, 2.75) is 24.6 Å². The standard InChI is InChI=1S/C14H14N2O4S2/c1-9-3-4-11(19-9)7-16-22(17,18)14-6-5-13(21-14)12-8-15-10(2)20-12/h3-6,8,16H,7H2,1-2H3. The Morgan fingerprint density at radius 2 is 2.00 bits per heavy atom. The fourth-order valence-corrected chi connectivity index (χ4v) is 4.18. The van der Waals surface area contributed by atoms with Gasteiger partial charge in [0.05, 0.1) is 17.6 Å². The minimum atomic E-state index is -3.58. The second kappa shape index (κ2) is 5.71. The summed E-state index contributed by atoms with van der Waals surface area (Å²) in [5.41, 5.74) is 0. The van der Waals surface area contributed by atoms with Crippen molar-refractivity contribution in [1.29, 1.82) is 0 Å². The molecule has 0 unspecified atom stereocenters. The Hall–Kier alpha value is -1.90. The first kappa shape index (κ1) is 15.0. The molecule has 0 saturated carbocycles. The van der Waals surface area contributed by atoms with Crippen LogP contribution in [0.5, 0.6) is 0 Å². The number of rotatable bonds is 5. The monoisotopic (exact) mass is 338 g/mol. The molecule has 0 aromatic carbocycles. The van der Waals surface area contributed by atoms with Gasteiger partial charge in [-0.25, -0.2) is 18.1 Å². The van der Waals surface area contributed by atoms with Crippen LogP contribution in [0.25, 0.3) is 10.6 Å². The van der Waals surface area contributed by atoms with Crippen molar-refractivity contribution in [1.82, 2.24) is 9.71 Å². The third-order valence-electron chi connectivity index (χ3n) is 2.94. The molecule has 0 saturated heterocycles. The lowest BCUT2D eigenvalue weighted by Crippen LogP contribution is -2.22. The Kier molecular flexibility index (Phi) is 3.90. The van der Waals surface area contributed by atoms with Crippen LogP contribution in [-0.2, 0) is 16.6 Å². The van der Waals surface area contributed by atoms with Crippen molar-refractivity contribution in [2.75, 3.05) is 0 Å². The summed E-state index contributed by atoms with van der Waals surface area (Å²) in [6.07, 6.45) is 1.58. The summed E-state index contributed by atoms with van der Waals surface area (Å²) in [6, 6.07) is 6.79. The summed E-state index contributed by atoms with van der Waals surface area (Å²) in [5, 5.41) is 0. The minimum absolute atomic E-state index is 0.116. The van der Waals surface area contributed by atoms with E-state index in [0.29, 0.717) is 17.4 Å². The maximum Gasteiger partial charge on any atom is 0.250 e. The maximum absolute atomic E-state index is 12.3. The van der Waals surface area contributed by atoms with Gasteiger partial charge in [-0.15, -0.1) is 11.3 Å².